The smallest absolute Gasteiger partial charge is 0.124 e. The first kappa shape index (κ1) is 15.3. The Balaban J connectivity index is 2.07. The second-order valence-corrected chi connectivity index (χ2v) is 5.80. The lowest BCUT2D eigenvalue weighted by Crippen LogP contribution is -2.45. The molecule has 1 saturated heterocycles. The minimum Gasteiger partial charge on any atom is -0.496 e. The molecule has 3 rings (SSSR count). The van der Waals surface area contributed by atoms with Crippen LogP contribution in [-0.4, -0.2) is 43.2 Å². The van der Waals surface area contributed by atoms with E-state index in [0.717, 1.165) is 48.1 Å². The lowest BCUT2D eigenvalue weighted by Gasteiger charge is -2.36. The van der Waals surface area contributed by atoms with Crippen molar-refractivity contribution < 1.29 is 4.74 Å². The number of methoxy groups -OCH3 is 1. The van der Waals surface area contributed by atoms with E-state index >= 15 is 0 Å². The van der Waals surface area contributed by atoms with Gasteiger partial charge in [-0.2, -0.15) is 0 Å². The van der Waals surface area contributed by atoms with E-state index in [4.69, 9.17) is 16.3 Å². The lowest BCUT2D eigenvalue weighted by molar-refractivity contribution is 0.195. The van der Waals surface area contributed by atoms with Crippen LogP contribution in [-0.2, 0) is 0 Å². The van der Waals surface area contributed by atoms with E-state index in [2.05, 4.69) is 21.3 Å². The first-order valence-corrected chi connectivity index (χ1v) is 7.85. The first-order chi connectivity index (χ1) is 10.8. The Kier molecular flexibility index (Phi) is 4.93. The van der Waals surface area contributed by atoms with Crippen molar-refractivity contribution in [3.05, 3.63) is 58.9 Å². The standard InChI is InChI=1S/C17H20ClN3O/c1-22-16-5-4-14(18)11-15(16)17(13-3-2-6-20-12-13)21-9-7-19-8-10-21/h2-6,11-12,17,19H,7-10H2,1H3. The summed E-state index contributed by atoms with van der Waals surface area (Å²) < 4.78 is 5.57. The highest BCUT2D eigenvalue weighted by atomic mass is 35.5. The summed E-state index contributed by atoms with van der Waals surface area (Å²) in [7, 11) is 1.70. The zero-order chi connectivity index (χ0) is 15.4. The van der Waals surface area contributed by atoms with Crippen molar-refractivity contribution in [2.45, 2.75) is 6.04 Å². The zero-order valence-corrected chi connectivity index (χ0v) is 13.4. The highest BCUT2D eigenvalue weighted by molar-refractivity contribution is 6.30. The molecule has 1 fully saturated rings. The summed E-state index contributed by atoms with van der Waals surface area (Å²) in [6, 6.07) is 9.98. The summed E-state index contributed by atoms with van der Waals surface area (Å²) in [5.74, 6) is 0.858. The fourth-order valence-electron chi connectivity index (χ4n) is 2.98. The average Bonchev–Trinajstić information content (AvgIpc) is 2.57. The Labute approximate surface area is 136 Å². The summed E-state index contributed by atoms with van der Waals surface area (Å²) in [6.45, 7) is 3.93. The summed E-state index contributed by atoms with van der Waals surface area (Å²) in [5.41, 5.74) is 2.25. The molecule has 1 N–H and O–H groups in total. The van der Waals surface area contributed by atoms with Crippen molar-refractivity contribution in [1.29, 1.82) is 0 Å². The number of benzene rings is 1. The molecule has 22 heavy (non-hydrogen) atoms. The number of hydrogen-bond acceptors (Lipinski definition) is 4. The molecule has 1 aliphatic heterocycles. The third kappa shape index (κ3) is 3.24. The molecule has 1 aliphatic rings. The summed E-state index contributed by atoms with van der Waals surface area (Å²) in [5, 5.41) is 4.12. The van der Waals surface area contributed by atoms with Crippen molar-refractivity contribution in [2.24, 2.45) is 0 Å². The number of rotatable bonds is 4. The maximum absolute atomic E-state index is 6.24. The Bertz CT molecular complexity index is 615. The molecule has 2 heterocycles. The van der Waals surface area contributed by atoms with Gasteiger partial charge in [0.05, 0.1) is 13.2 Å². The van der Waals surface area contributed by atoms with Crippen LogP contribution in [0.2, 0.25) is 5.02 Å². The molecule has 1 aromatic heterocycles. The quantitative estimate of drug-likeness (QED) is 0.941. The summed E-state index contributed by atoms with van der Waals surface area (Å²) in [4.78, 5) is 6.73. The Hall–Kier alpha value is -1.62. The van der Waals surface area contributed by atoms with Gasteiger partial charge < -0.3 is 10.1 Å². The molecular formula is C17H20ClN3O. The number of halogens is 1. The number of piperazine rings is 1. The van der Waals surface area contributed by atoms with E-state index < -0.39 is 0 Å². The molecule has 1 atom stereocenters. The number of nitrogens with one attached hydrogen (secondary N) is 1. The van der Waals surface area contributed by atoms with Crippen LogP contribution in [0, 0.1) is 0 Å². The molecule has 4 nitrogen and oxygen atoms in total. The molecule has 5 heteroatoms. The van der Waals surface area contributed by atoms with E-state index in [1.165, 1.54) is 0 Å². The molecule has 0 bridgehead atoms. The van der Waals surface area contributed by atoms with Gasteiger partial charge in [0, 0.05) is 49.2 Å². The van der Waals surface area contributed by atoms with Crippen molar-refractivity contribution in [1.82, 2.24) is 15.2 Å². The van der Waals surface area contributed by atoms with Gasteiger partial charge in [-0.1, -0.05) is 17.7 Å². The fraction of sp³-hybridized carbons (Fsp3) is 0.353. The minimum absolute atomic E-state index is 0.101. The molecular weight excluding hydrogens is 298 g/mol. The average molecular weight is 318 g/mol. The Morgan fingerprint density at radius 1 is 1.27 bits per heavy atom. The van der Waals surface area contributed by atoms with E-state index in [1.54, 1.807) is 13.3 Å². The summed E-state index contributed by atoms with van der Waals surface area (Å²) >= 11 is 6.24. The van der Waals surface area contributed by atoms with Gasteiger partial charge in [0.1, 0.15) is 5.75 Å². The zero-order valence-electron chi connectivity index (χ0n) is 12.6. The number of pyridine rings is 1. The molecule has 1 aromatic carbocycles. The van der Waals surface area contributed by atoms with Crippen LogP contribution in [0.5, 0.6) is 5.75 Å². The van der Waals surface area contributed by atoms with E-state index in [0.29, 0.717) is 0 Å². The van der Waals surface area contributed by atoms with Crippen LogP contribution in [0.3, 0.4) is 0 Å². The van der Waals surface area contributed by atoms with Crippen molar-refractivity contribution in [2.75, 3.05) is 33.3 Å². The Morgan fingerprint density at radius 3 is 2.77 bits per heavy atom. The van der Waals surface area contributed by atoms with Gasteiger partial charge in [0.15, 0.2) is 0 Å². The summed E-state index contributed by atoms with van der Waals surface area (Å²) in [6.07, 6.45) is 3.72. The third-order valence-electron chi connectivity index (χ3n) is 4.00. The first-order valence-electron chi connectivity index (χ1n) is 7.47. The molecule has 2 aromatic rings. The maximum atomic E-state index is 6.24. The van der Waals surface area contributed by atoms with Gasteiger partial charge >= 0.3 is 0 Å². The SMILES string of the molecule is COc1ccc(Cl)cc1C(c1cccnc1)N1CCNCC1. The molecule has 116 valence electrons. The van der Waals surface area contributed by atoms with Crippen LogP contribution in [0.4, 0.5) is 0 Å². The van der Waals surface area contributed by atoms with Gasteiger partial charge in [0.2, 0.25) is 0 Å². The highest BCUT2D eigenvalue weighted by Gasteiger charge is 2.26. The largest absolute Gasteiger partial charge is 0.496 e. The predicted octanol–water partition coefficient (Wildman–Crippen LogP) is 2.74. The normalized spacial score (nSPS) is 17.2. The van der Waals surface area contributed by atoms with Gasteiger partial charge in [-0.05, 0) is 29.8 Å². The van der Waals surface area contributed by atoms with Gasteiger partial charge in [-0.15, -0.1) is 0 Å². The number of ether oxygens (including phenoxy) is 1. The van der Waals surface area contributed by atoms with Crippen LogP contribution >= 0.6 is 11.6 Å². The van der Waals surface area contributed by atoms with E-state index in [-0.39, 0.29) is 6.04 Å². The van der Waals surface area contributed by atoms with Crippen LogP contribution in [0.1, 0.15) is 17.2 Å². The molecule has 0 spiro atoms. The monoisotopic (exact) mass is 317 g/mol. The molecule has 0 radical (unpaired) electrons. The second kappa shape index (κ2) is 7.09. The predicted molar refractivity (Wildman–Crippen MR) is 88.5 cm³/mol. The van der Waals surface area contributed by atoms with Crippen molar-refractivity contribution in [3.8, 4) is 5.75 Å². The number of hydrogen-bond donors (Lipinski definition) is 1. The lowest BCUT2D eigenvalue weighted by atomic mass is 9.97. The van der Waals surface area contributed by atoms with E-state index in [1.807, 2.05) is 30.5 Å². The van der Waals surface area contributed by atoms with Crippen molar-refractivity contribution >= 4 is 11.6 Å². The highest BCUT2D eigenvalue weighted by Crippen LogP contribution is 2.36. The molecule has 0 aliphatic carbocycles. The van der Waals surface area contributed by atoms with Crippen LogP contribution in [0.25, 0.3) is 0 Å². The van der Waals surface area contributed by atoms with Gasteiger partial charge in [-0.25, -0.2) is 0 Å². The number of aromatic nitrogens is 1. The minimum atomic E-state index is 0.101. The molecule has 0 saturated carbocycles. The third-order valence-corrected chi connectivity index (χ3v) is 4.24. The maximum Gasteiger partial charge on any atom is 0.124 e. The molecule has 0 amide bonds. The van der Waals surface area contributed by atoms with Crippen LogP contribution < -0.4 is 10.1 Å². The van der Waals surface area contributed by atoms with Crippen LogP contribution in [0.15, 0.2) is 42.7 Å². The second-order valence-electron chi connectivity index (χ2n) is 5.36. The number of nitrogens with zero attached hydrogens (tertiary/aromatic N) is 2. The Morgan fingerprint density at radius 2 is 2.09 bits per heavy atom. The molecule has 1 unspecified atom stereocenters. The van der Waals surface area contributed by atoms with Gasteiger partial charge in [-0.3, -0.25) is 9.88 Å². The topological polar surface area (TPSA) is 37.4 Å². The fourth-order valence-corrected chi connectivity index (χ4v) is 3.16. The van der Waals surface area contributed by atoms with Gasteiger partial charge in [0.25, 0.3) is 0 Å². The van der Waals surface area contributed by atoms with Crippen molar-refractivity contribution in [3.63, 3.8) is 0 Å². The van der Waals surface area contributed by atoms with E-state index in [9.17, 15) is 0 Å².